The summed E-state index contributed by atoms with van der Waals surface area (Å²) < 4.78 is 34.5. The van der Waals surface area contributed by atoms with E-state index in [-0.39, 0.29) is 32.0 Å². The molecule has 0 spiro atoms. The highest BCUT2D eigenvalue weighted by molar-refractivity contribution is 7.47. The van der Waals surface area contributed by atoms with Gasteiger partial charge in [0.15, 0.2) is 6.10 Å². The van der Waals surface area contributed by atoms with Crippen LogP contribution in [0.25, 0.3) is 0 Å². The maximum absolute atomic E-state index is 12.8. The Balaban J connectivity index is 4.26. The number of likely N-dealkylation sites (N-methyl/N-ethyl adjacent to an activating group) is 1. The first-order valence-corrected chi connectivity index (χ1v) is 28.3. The quantitative estimate of drug-likeness (QED) is 0.0211. The fraction of sp³-hybridized carbons (Fsp3) is 0.719. The van der Waals surface area contributed by atoms with Crippen LogP contribution in [0, 0.1) is 0 Å². The number of quaternary nitrogens is 1. The first kappa shape index (κ1) is 64.2. The van der Waals surface area contributed by atoms with Gasteiger partial charge in [-0.2, -0.15) is 0 Å². The zero-order valence-electron chi connectivity index (χ0n) is 43.6. The van der Waals surface area contributed by atoms with E-state index in [4.69, 9.17) is 18.5 Å². The highest BCUT2D eigenvalue weighted by Crippen LogP contribution is 2.43. The number of unbranched alkanes of at least 4 members (excludes halogenated alkanes) is 20. The van der Waals surface area contributed by atoms with Crippen LogP contribution in [0.3, 0.4) is 0 Å². The van der Waals surface area contributed by atoms with Crippen molar-refractivity contribution in [3.8, 4) is 0 Å². The number of carbonyl (C=O) groups excluding carboxylic acids is 2. The van der Waals surface area contributed by atoms with E-state index >= 15 is 0 Å². The molecule has 0 aromatic carbocycles. The molecule has 0 aromatic rings. The standard InChI is InChI=1S/C57H100NO8P/c1-6-8-10-12-14-16-18-20-22-24-26-27-28-29-30-31-32-34-36-38-40-42-44-46-48-50-57(60)66-55(54-65-67(61,62)64-52-51-58(3,4)5)53-63-56(59)49-47-45-43-41-39-37-35-33-25-23-21-19-17-15-13-11-9-7-2/h8,10,14,16-17,19-20,22-23,25-27,29-30,55H,6-7,9,11-13,15,18,21,24,28,31-54H2,1-5H3/p+1/b10-8-,16-14-,19-17-,22-20-,25-23-,27-26-,30-29-. The van der Waals surface area contributed by atoms with Crippen molar-refractivity contribution in [3.05, 3.63) is 85.1 Å². The number of hydrogen-bond donors (Lipinski definition) is 1. The number of allylic oxidation sites excluding steroid dienone is 14. The molecule has 0 heterocycles. The van der Waals surface area contributed by atoms with Gasteiger partial charge in [0.25, 0.3) is 0 Å². The van der Waals surface area contributed by atoms with Crippen molar-refractivity contribution in [3.63, 3.8) is 0 Å². The molecule has 0 radical (unpaired) electrons. The Labute approximate surface area is 411 Å². The van der Waals surface area contributed by atoms with E-state index in [1.54, 1.807) is 0 Å². The SMILES string of the molecule is CC/C=C\C/C=C\C/C=C\C/C=C\C/C=C\CCCCCCCCCCCC(=O)OC(COC(=O)CCCCCCCCC/C=C\C/C=C\CCCCCC)COP(=O)(O)OCC[N+](C)(C)C. The number of phosphoric ester groups is 1. The van der Waals surface area contributed by atoms with Crippen LogP contribution in [0.5, 0.6) is 0 Å². The number of ether oxygens (including phenoxy) is 2. The average Bonchev–Trinajstić information content (AvgIpc) is 3.29. The Bertz CT molecular complexity index is 1410. The molecule has 0 aliphatic carbocycles. The fourth-order valence-electron chi connectivity index (χ4n) is 7.01. The normalized spacial score (nSPS) is 14.1. The number of rotatable bonds is 48. The third-order valence-electron chi connectivity index (χ3n) is 11.2. The van der Waals surface area contributed by atoms with Gasteiger partial charge in [0.05, 0.1) is 27.7 Å². The number of esters is 2. The van der Waals surface area contributed by atoms with Gasteiger partial charge in [-0.05, 0) is 89.9 Å². The number of nitrogens with zero attached hydrogens (tertiary/aromatic N) is 1. The van der Waals surface area contributed by atoms with Crippen molar-refractivity contribution in [1.29, 1.82) is 0 Å². The molecule has 0 aliphatic rings. The Morgan fingerprint density at radius 2 is 0.851 bits per heavy atom. The van der Waals surface area contributed by atoms with Crippen LogP contribution in [0.4, 0.5) is 0 Å². The van der Waals surface area contributed by atoms with Gasteiger partial charge in [-0.1, -0.05) is 195 Å². The fourth-order valence-corrected chi connectivity index (χ4v) is 7.75. The molecule has 2 atom stereocenters. The van der Waals surface area contributed by atoms with Crippen molar-refractivity contribution in [2.24, 2.45) is 0 Å². The molecule has 10 heteroatoms. The average molecular weight is 959 g/mol. The molecular weight excluding hydrogens is 858 g/mol. The Morgan fingerprint density at radius 3 is 1.27 bits per heavy atom. The molecule has 2 unspecified atom stereocenters. The van der Waals surface area contributed by atoms with Gasteiger partial charge >= 0.3 is 19.8 Å². The zero-order valence-corrected chi connectivity index (χ0v) is 44.5. The van der Waals surface area contributed by atoms with Crippen molar-refractivity contribution < 1.29 is 42.1 Å². The third kappa shape index (κ3) is 52.4. The van der Waals surface area contributed by atoms with Crippen molar-refractivity contribution in [2.45, 2.75) is 219 Å². The van der Waals surface area contributed by atoms with Crippen LogP contribution < -0.4 is 0 Å². The van der Waals surface area contributed by atoms with Crippen molar-refractivity contribution in [1.82, 2.24) is 0 Å². The minimum absolute atomic E-state index is 0.0251. The molecule has 0 aliphatic heterocycles. The van der Waals surface area contributed by atoms with Gasteiger partial charge in [0, 0.05) is 12.8 Å². The van der Waals surface area contributed by atoms with E-state index in [1.165, 1.54) is 83.5 Å². The maximum Gasteiger partial charge on any atom is 0.472 e. The number of hydrogen-bond acceptors (Lipinski definition) is 7. The second-order valence-corrected chi connectivity index (χ2v) is 20.3. The maximum atomic E-state index is 12.8. The van der Waals surface area contributed by atoms with E-state index in [1.807, 2.05) is 21.1 Å². The number of carbonyl (C=O) groups is 2. The van der Waals surface area contributed by atoms with E-state index in [2.05, 4.69) is 98.9 Å². The summed E-state index contributed by atoms with van der Waals surface area (Å²) in [6, 6.07) is 0. The van der Waals surface area contributed by atoms with Crippen LogP contribution in [-0.2, 0) is 32.7 Å². The van der Waals surface area contributed by atoms with E-state index in [0.29, 0.717) is 17.4 Å². The minimum atomic E-state index is -4.39. The second-order valence-electron chi connectivity index (χ2n) is 18.9. The summed E-state index contributed by atoms with van der Waals surface area (Å²) in [5.74, 6) is -0.816. The van der Waals surface area contributed by atoms with Crippen LogP contribution in [-0.4, -0.2) is 74.9 Å². The summed E-state index contributed by atoms with van der Waals surface area (Å²) in [6.07, 6.45) is 63.4. The number of phosphoric acid groups is 1. The molecule has 0 saturated heterocycles. The summed E-state index contributed by atoms with van der Waals surface area (Å²) >= 11 is 0. The first-order chi connectivity index (χ1) is 32.5. The monoisotopic (exact) mass is 959 g/mol. The van der Waals surface area contributed by atoms with Gasteiger partial charge in [-0.15, -0.1) is 0 Å². The van der Waals surface area contributed by atoms with Gasteiger partial charge in [0.2, 0.25) is 0 Å². The molecule has 9 nitrogen and oxygen atoms in total. The van der Waals surface area contributed by atoms with Gasteiger partial charge in [0.1, 0.15) is 19.8 Å². The van der Waals surface area contributed by atoms with Crippen LogP contribution in [0.15, 0.2) is 85.1 Å². The van der Waals surface area contributed by atoms with Gasteiger partial charge in [-0.3, -0.25) is 18.6 Å². The zero-order chi connectivity index (χ0) is 49.2. The van der Waals surface area contributed by atoms with Crippen molar-refractivity contribution >= 4 is 19.8 Å². The van der Waals surface area contributed by atoms with Crippen molar-refractivity contribution in [2.75, 3.05) is 47.5 Å². The topological polar surface area (TPSA) is 108 Å². The van der Waals surface area contributed by atoms with Crippen LogP contribution in [0.1, 0.15) is 213 Å². The minimum Gasteiger partial charge on any atom is -0.462 e. The summed E-state index contributed by atoms with van der Waals surface area (Å²) in [4.78, 5) is 35.6. The Hall–Kier alpha value is -2.81. The first-order valence-electron chi connectivity index (χ1n) is 26.8. The van der Waals surface area contributed by atoms with E-state index in [0.717, 1.165) is 96.3 Å². The van der Waals surface area contributed by atoms with Crippen LogP contribution >= 0.6 is 7.82 Å². The van der Waals surface area contributed by atoms with Gasteiger partial charge < -0.3 is 18.9 Å². The van der Waals surface area contributed by atoms with E-state index in [9.17, 15) is 19.0 Å². The Morgan fingerprint density at radius 1 is 0.478 bits per heavy atom. The lowest BCUT2D eigenvalue weighted by Crippen LogP contribution is -2.37. The highest BCUT2D eigenvalue weighted by Gasteiger charge is 2.27. The predicted octanol–water partition coefficient (Wildman–Crippen LogP) is 16.3. The molecule has 386 valence electrons. The lowest BCUT2D eigenvalue weighted by atomic mass is 10.1. The third-order valence-corrected chi connectivity index (χ3v) is 12.1. The molecule has 0 aromatic heterocycles. The summed E-state index contributed by atoms with van der Waals surface area (Å²) in [5.41, 5.74) is 0. The lowest BCUT2D eigenvalue weighted by molar-refractivity contribution is -0.870. The molecular formula is C57H101NO8P+. The summed E-state index contributed by atoms with van der Waals surface area (Å²) in [7, 11) is 1.46. The molecule has 67 heavy (non-hydrogen) atoms. The van der Waals surface area contributed by atoms with Crippen LogP contribution in [0.2, 0.25) is 0 Å². The molecule has 0 saturated carbocycles. The van der Waals surface area contributed by atoms with Gasteiger partial charge in [-0.25, -0.2) is 4.57 Å². The second kappa shape index (κ2) is 48.2. The molecule has 0 bridgehead atoms. The smallest absolute Gasteiger partial charge is 0.462 e. The van der Waals surface area contributed by atoms with E-state index < -0.39 is 26.5 Å². The highest BCUT2D eigenvalue weighted by atomic mass is 31.2. The molecule has 1 N–H and O–H groups in total. The predicted molar refractivity (Wildman–Crippen MR) is 284 cm³/mol. The largest absolute Gasteiger partial charge is 0.472 e. The molecule has 0 amide bonds. The lowest BCUT2D eigenvalue weighted by Gasteiger charge is -2.24. The summed E-state index contributed by atoms with van der Waals surface area (Å²) in [5, 5.41) is 0. The molecule has 0 fully saturated rings. The summed E-state index contributed by atoms with van der Waals surface area (Å²) in [6.45, 7) is 4.28. The molecule has 0 rings (SSSR count). The Kier molecular flexibility index (Phi) is 46.2.